The zero-order chi connectivity index (χ0) is 23.5. The van der Waals surface area contributed by atoms with Crippen molar-refractivity contribution < 1.29 is 14.1 Å². The molecular weight excluding hydrogens is 432 g/mol. The summed E-state index contributed by atoms with van der Waals surface area (Å²) in [5.41, 5.74) is 2.37. The fourth-order valence-electron chi connectivity index (χ4n) is 4.77. The van der Waals surface area contributed by atoms with Crippen LogP contribution in [0, 0.1) is 18.3 Å². The van der Waals surface area contributed by atoms with Gasteiger partial charge in [-0.1, -0.05) is 5.16 Å². The molecule has 1 atom stereocenters. The number of aromatic nitrogens is 3. The third kappa shape index (κ3) is 4.68. The Kier molecular flexibility index (Phi) is 6.32. The Balaban J connectivity index is 1.39. The molecule has 2 aliphatic heterocycles. The molecule has 2 saturated heterocycles. The number of hydrogen-bond acceptors (Lipinski definition) is 7. The molecule has 0 spiro atoms. The lowest BCUT2D eigenvalue weighted by molar-refractivity contribution is 0.0602. The van der Waals surface area contributed by atoms with Crippen molar-refractivity contribution in [2.24, 2.45) is 0 Å². The van der Waals surface area contributed by atoms with Crippen LogP contribution >= 0.6 is 0 Å². The van der Waals surface area contributed by atoms with E-state index in [1.807, 2.05) is 11.8 Å². The summed E-state index contributed by atoms with van der Waals surface area (Å²) in [5, 5.41) is 17.6. The lowest BCUT2D eigenvalue weighted by atomic mass is 10.0. The lowest BCUT2D eigenvalue weighted by Crippen LogP contribution is -2.49. The van der Waals surface area contributed by atoms with Gasteiger partial charge in [-0.05, 0) is 70.0 Å². The number of hydrogen-bond donors (Lipinski definition) is 0. The third-order valence-electron chi connectivity index (χ3n) is 6.52. The molecule has 176 valence electrons. The van der Waals surface area contributed by atoms with E-state index in [1.165, 1.54) is 12.8 Å². The van der Waals surface area contributed by atoms with Crippen molar-refractivity contribution in [2.75, 3.05) is 26.2 Å². The highest BCUT2D eigenvalue weighted by Crippen LogP contribution is 2.25. The molecule has 2 aromatic heterocycles. The summed E-state index contributed by atoms with van der Waals surface area (Å²) < 4.78 is 12.8. The van der Waals surface area contributed by atoms with E-state index in [0.29, 0.717) is 34.6 Å². The molecule has 1 amide bonds. The number of aryl methyl sites for hydroxylation is 1. The molecule has 0 radical (unpaired) electrons. The van der Waals surface area contributed by atoms with E-state index in [-0.39, 0.29) is 12.5 Å². The number of carbonyl (C=O) groups is 1. The fourth-order valence-corrected chi connectivity index (χ4v) is 4.77. The van der Waals surface area contributed by atoms with Gasteiger partial charge in [-0.3, -0.25) is 9.69 Å². The summed E-state index contributed by atoms with van der Waals surface area (Å²) in [7, 11) is 0. The molecule has 3 aromatic rings. The average molecular weight is 461 g/mol. The minimum absolute atomic E-state index is 0.0864. The average Bonchev–Trinajstić information content (AvgIpc) is 3.64. The molecule has 1 aromatic carbocycles. The Bertz CT molecular complexity index is 1190. The number of rotatable bonds is 6. The molecule has 0 bridgehead atoms. The first-order valence-electron chi connectivity index (χ1n) is 11.8. The van der Waals surface area contributed by atoms with Crippen LogP contribution in [0.3, 0.4) is 0 Å². The number of piperidine rings is 1. The number of ether oxygens (including phenoxy) is 1. The molecule has 0 aliphatic carbocycles. The highest BCUT2D eigenvalue weighted by Gasteiger charge is 2.31. The first-order valence-corrected chi connectivity index (χ1v) is 11.8. The first-order chi connectivity index (χ1) is 16.6. The Morgan fingerprint density at radius 2 is 1.97 bits per heavy atom. The second-order valence-electron chi connectivity index (χ2n) is 8.95. The minimum atomic E-state index is -0.0864. The second-order valence-corrected chi connectivity index (χ2v) is 8.95. The van der Waals surface area contributed by atoms with Crippen LogP contribution in [0.2, 0.25) is 0 Å². The van der Waals surface area contributed by atoms with Gasteiger partial charge in [-0.25, -0.2) is 4.68 Å². The molecule has 2 fully saturated rings. The maximum absolute atomic E-state index is 13.4. The van der Waals surface area contributed by atoms with Crippen LogP contribution in [0.4, 0.5) is 0 Å². The van der Waals surface area contributed by atoms with Crippen molar-refractivity contribution in [2.45, 2.75) is 45.3 Å². The molecule has 34 heavy (non-hydrogen) atoms. The Morgan fingerprint density at radius 1 is 1.18 bits per heavy atom. The van der Waals surface area contributed by atoms with Gasteiger partial charge in [0.1, 0.15) is 0 Å². The number of nitrogens with zero attached hydrogens (tertiary/aromatic N) is 6. The van der Waals surface area contributed by atoms with E-state index >= 15 is 0 Å². The molecular formula is C25H28N6O3. The number of carbonyl (C=O) groups excluding carboxylic acids is 1. The molecule has 0 N–H and O–H groups in total. The van der Waals surface area contributed by atoms with Gasteiger partial charge in [0.15, 0.2) is 18.1 Å². The Labute approximate surface area is 198 Å². The van der Waals surface area contributed by atoms with Crippen LogP contribution in [0.5, 0.6) is 5.88 Å². The summed E-state index contributed by atoms with van der Waals surface area (Å²) in [5.74, 6) is 0.925. The summed E-state index contributed by atoms with van der Waals surface area (Å²) in [6.07, 6.45) is 4.61. The van der Waals surface area contributed by atoms with E-state index in [9.17, 15) is 4.79 Å². The topological polar surface area (TPSA) is 100 Å². The van der Waals surface area contributed by atoms with Gasteiger partial charge < -0.3 is 14.2 Å². The smallest absolute Gasteiger partial charge is 0.274 e. The summed E-state index contributed by atoms with van der Waals surface area (Å²) in [4.78, 5) is 17.9. The van der Waals surface area contributed by atoms with Gasteiger partial charge in [0, 0.05) is 31.3 Å². The predicted molar refractivity (Wildman–Crippen MR) is 124 cm³/mol. The Morgan fingerprint density at radius 3 is 2.68 bits per heavy atom. The van der Waals surface area contributed by atoms with Crippen LogP contribution in [-0.4, -0.2) is 62.9 Å². The van der Waals surface area contributed by atoms with Crippen LogP contribution in [-0.2, 0) is 6.61 Å². The van der Waals surface area contributed by atoms with Crippen molar-refractivity contribution in [3.05, 3.63) is 59.1 Å². The SMILES string of the molecule is Cc1cc(COc2cc(C(=O)N3CCCC(N4CCCC4)C3)nn2-c2ccc(C#N)cc2)on1. The number of likely N-dealkylation sites (tertiary alicyclic amines) is 2. The van der Waals surface area contributed by atoms with Gasteiger partial charge in [-0.15, -0.1) is 0 Å². The zero-order valence-electron chi connectivity index (χ0n) is 19.3. The molecule has 9 heteroatoms. The molecule has 9 nitrogen and oxygen atoms in total. The first kappa shape index (κ1) is 22.2. The van der Waals surface area contributed by atoms with Crippen molar-refractivity contribution in [3.63, 3.8) is 0 Å². The quantitative estimate of drug-likeness (QED) is 0.556. The van der Waals surface area contributed by atoms with Gasteiger partial charge in [0.05, 0.1) is 23.0 Å². The summed E-state index contributed by atoms with van der Waals surface area (Å²) in [6, 6.07) is 13.0. The lowest BCUT2D eigenvalue weighted by Gasteiger charge is -2.37. The van der Waals surface area contributed by atoms with Gasteiger partial charge in [0.2, 0.25) is 5.88 Å². The summed E-state index contributed by atoms with van der Waals surface area (Å²) >= 11 is 0. The maximum Gasteiger partial charge on any atom is 0.274 e. The van der Waals surface area contributed by atoms with Crippen molar-refractivity contribution in [1.29, 1.82) is 5.26 Å². The highest BCUT2D eigenvalue weighted by atomic mass is 16.5. The largest absolute Gasteiger partial charge is 0.469 e. The zero-order valence-corrected chi connectivity index (χ0v) is 19.3. The third-order valence-corrected chi connectivity index (χ3v) is 6.52. The second kappa shape index (κ2) is 9.69. The highest BCUT2D eigenvalue weighted by molar-refractivity contribution is 5.92. The summed E-state index contributed by atoms with van der Waals surface area (Å²) in [6.45, 7) is 5.73. The fraction of sp³-hybridized carbons (Fsp3) is 0.440. The van der Waals surface area contributed by atoms with Crippen LogP contribution in [0.15, 0.2) is 40.9 Å². The molecule has 4 heterocycles. The predicted octanol–water partition coefficient (Wildman–Crippen LogP) is 3.32. The molecule has 5 rings (SSSR count). The van der Waals surface area contributed by atoms with E-state index in [1.54, 1.807) is 41.1 Å². The van der Waals surface area contributed by atoms with Crippen molar-refractivity contribution in [3.8, 4) is 17.6 Å². The van der Waals surface area contributed by atoms with Gasteiger partial charge >= 0.3 is 0 Å². The monoisotopic (exact) mass is 460 g/mol. The molecule has 2 aliphatic rings. The number of nitriles is 1. The van der Waals surface area contributed by atoms with Gasteiger partial charge in [-0.2, -0.15) is 10.4 Å². The van der Waals surface area contributed by atoms with Crippen LogP contribution < -0.4 is 4.74 Å². The number of benzene rings is 1. The van der Waals surface area contributed by atoms with E-state index in [4.69, 9.17) is 14.5 Å². The maximum atomic E-state index is 13.4. The van der Waals surface area contributed by atoms with Crippen LogP contribution in [0.25, 0.3) is 5.69 Å². The van der Waals surface area contributed by atoms with Crippen molar-refractivity contribution in [1.82, 2.24) is 24.7 Å². The van der Waals surface area contributed by atoms with Gasteiger partial charge in [0.25, 0.3) is 5.91 Å². The van der Waals surface area contributed by atoms with E-state index in [2.05, 4.69) is 21.2 Å². The minimum Gasteiger partial charge on any atom is -0.469 e. The van der Waals surface area contributed by atoms with E-state index < -0.39 is 0 Å². The normalized spacial score (nSPS) is 18.7. The molecule has 1 unspecified atom stereocenters. The Hall–Kier alpha value is -3.64. The van der Waals surface area contributed by atoms with E-state index in [0.717, 1.165) is 44.7 Å². The van der Waals surface area contributed by atoms with Crippen molar-refractivity contribution >= 4 is 5.91 Å². The molecule has 0 saturated carbocycles. The van der Waals surface area contributed by atoms with Crippen LogP contribution in [0.1, 0.15) is 53.2 Å². The standard InChI is InChI=1S/C25H28N6O3/c1-18-13-22(34-28-18)17-33-24-14-23(27-31(24)20-8-6-19(15-26)7-9-20)25(32)30-12-4-5-21(16-30)29-10-2-3-11-29/h6-9,13-14,21H,2-5,10-12,16-17H2,1H3. The number of amides is 1.